The minimum Gasteiger partial charge on any atom is -0.432 e. The largest absolute Gasteiger partial charge is 0.432 e. The third-order valence-electron chi connectivity index (χ3n) is 2.57. The molecule has 0 radical (unpaired) electrons. The molecule has 0 atom stereocenters. The third kappa shape index (κ3) is 4.53. The Morgan fingerprint density at radius 3 is 2.48 bits per heavy atom. The Hall–Kier alpha value is -1.95. The van der Waals surface area contributed by atoms with Crippen LogP contribution in [0.4, 0.5) is 23.2 Å². The minimum atomic E-state index is -3.09. The summed E-state index contributed by atoms with van der Waals surface area (Å²) in [5, 5.41) is 3.08. The molecule has 1 N–H and O–H groups in total. The summed E-state index contributed by atoms with van der Waals surface area (Å²) in [4.78, 5) is 0. The second kappa shape index (κ2) is 6.67. The summed E-state index contributed by atoms with van der Waals surface area (Å²) in [5.41, 5.74) is 0.905. The predicted molar refractivity (Wildman–Crippen MR) is 71.8 cm³/mol. The van der Waals surface area contributed by atoms with Crippen molar-refractivity contribution in [1.82, 2.24) is 0 Å². The van der Waals surface area contributed by atoms with Gasteiger partial charge in [0.1, 0.15) is 5.82 Å². The number of hydrogen-bond acceptors (Lipinski definition) is 2. The van der Waals surface area contributed by atoms with E-state index in [1.807, 2.05) is 0 Å². The zero-order chi connectivity index (χ0) is 15.4. The molecule has 7 heteroatoms. The smallest absolute Gasteiger partial charge is 0.387 e. The number of hydrogen-bond donors (Lipinski definition) is 1. The summed E-state index contributed by atoms with van der Waals surface area (Å²) in [5.74, 6) is -1.94. The summed E-state index contributed by atoms with van der Waals surface area (Å²) in [6.07, 6.45) is 0. The van der Waals surface area contributed by atoms with Gasteiger partial charge in [0, 0.05) is 23.3 Å². The lowest BCUT2D eigenvalue weighted by Gasteiger charge is -2.10. The average Bonchev–Trinajstić information content (AvgIpc) is 2.38. The van der Waals surface area contributed by atoms with Crippen LogP contribution in [-0.2, 0) is 6.54 Å². The van der Waals surface area contributed by atoms with E-state index in [4.69, 9.17) is 11.6 Å². The number of alkyl halides is 2. The molecule has 0 bridgehead atoms. The van der Waals surface area contributed by atoms with E-state index in [9.17, 15) is 17.6 Å². The molecule has 2 aromatic rings. The maximum absolute atomic E-state index is 13.5. The first kappa shape index (κ1) is 15.4. The quantitative estimate of drug-likeness (QED) is 0.797. The number of nitrogens with one attached hydrogen (secondary N) is 1. The lowest BCUT2D eigenvalue weighted by molar-refractivity contribution is -0.0521. The summed E-state index contributed by atoms with van der Waals surface area (Å²) in [6.45, 7) is -2.89. The van der Waals surface area contributed by atoms with E-state index in [-0.39, 0.29) is 11.6 Å². The van der Waals surface area contributed by atoms with Crippen LogP contribution in [0.25, 0.3) is 0 Å². The van der Waals surface area contributed by atoms with Crippen molar-refractivity contribution in [3.63, 3.8) is 0 Å². The first-order valence-electron chi connectivity index (χ1n) is 5.87. The molecule has 0 aliphatic carbocycles. The van der Waals surface area contributed by atoms with Crippen molar-refractivity contribution >= 4 is 17.3 Å². The second-order valence-corrected chi connectivity index (χ2v) is 4.59. The van der Waals surface area contributed by atoms with Crippen LogP contribution in [0.5, 0.6) is 5.75 Å². The molecule has 0 saturated carbocycles. The lowest BCUT2D eigenvalue weighted by atomic mass is 10.2. The predicted octanol–water partition coefficient (Wildman–Crippen LogP) is 4.83. The Bertz CT molecular complexity index is 616. The van der Waals surface area contributed by atoms with Gasteiger partial charge in [-0.15, -0.1) is 0 Å². The molecule has 0 aromatic heterocycles. The van der Waals surface area contributed by atoms with E-state index >= 15 is 0 Å². The van der Waals surface area contributed by atoms with E-state index in [2.05, 4.69) is 10.1 Å². The van der Waals surface area contributed by atoms with Crippen molar-refractivity contribution < 1.29 is 22.3 Å². The van der Waals surface area contributed by atoms with Crippen LogP contribution in [0.1, 0.15) is 5.56 Å². The average molecular weight is 320 g/mol. The highest BCUT2D eigenvalue weighted by Crippen LogP contribution is 2.23. The normalized spacial score (nSPS) is 10.8. The summed E-state index contributed by atoms with van der Waals surface area (Å²) >= 11 is 5.71. The van der Waals surface area contributed by atoms with Crippen LogP contribution in [-0.4, -0.2) is 6.61 Å². The molecule has 0 amide bonds. The van der Waals surface area contributed by atoms with E-state index in [0.29, 0.717) is 11.3 Å². The van der Waals surface area contributed by atoms with Gasteiger partial charge in [0.05, 0.1) is 0 Å². The van der Waals surface area contributed by atoms with Gasteiger partial charge in [-0.05, 0) is 35.9 Å². The number of anilines is 1. The first-order valence-corrected chi connectivity index (χ1v) is 6.25. The zero-order valence-electron chi connectivity index (χ0n) is 10.5. The molecule has 112 valence electrons. The van der Waals surface area contributed by atoms with Gasteiger partial charge in [0.15, 0.2) is 11.6 Å². The molecule has 2 rings (SSSR count). The van der Waals surface area contributed by atoms with Gasteiger partial charge in [-0.2, -0.15) is 8.78 Å². The fourth-order valence-electron chi connectivity index (χ4n) is 1.72. The van der Waals surface area contributed by atoms with Gasteiger partial charge in [0.25, 0.3) is 0 Å². The first-order chi connectivity index (χ1) is 9.94. The standard InChI is InChI=1S/C14H10ClF4NO/c15-9-3-8(4-10(16)5-9)7-20-11-1-2-13(12(17)6-11)21-14(18)19/h1-6,14,20H,7H2. The molecule has 2 aromatic carbocycles. The van der Waals surface area contributed by atoms with Crippen molar-refractivity contribution in [2.45, 2.75) is 13.2 Å². The molecule has 0 spiro atoms. The molecule has 0 aliphatic heterocycles. The van der Waals surface area contributed by atoms with Crippen molar-refractivity contribution in [3.05, 3.63) is 58.6 Å². The number of ether oxygens (including phenoxy) is 1. The van der Waals surface area contributed by atoms with Crippen molar-refractivity contribution in [2.75, 3.05) is 5.32 Å². The molecular weight excluding hydrogens is 310 g/mol. The van der Waals surface area contributed by atoms with Crippen LogP contribution in [0.2, 0.25) is 5.02 Å². The van der Waals surface area contributed by atoms with Gasteiger partial charge in [-0.3, -0.25) is 0 Å². The maximum Gasteiger partial charge on any atom is 0.387 e. The van der Waals surface area contributed by atoms with Crippen LogP contribution in [0, 0.1) is 11.6 Å². The Balaban J connectivity index is 2.05. The number of benzene rings is 2. The van der Waals surface area contributed by atoms with Gasteiger partial charge < -0.3 is 10.1 Å². The van der Waals surface area contributed by atoms with Crippen LogP contribution in [0.3, 0.4) is 0 Å². The van der Waals surface area contributed by atoms with E-state index in [0.717, 1.165) is 12.1 Å². The van der Waals surface area contributed by atoms with Gasteiger partial charge in [-0.25, -0.2) is 8.78 Å². The Kier molecular flexibility index (Phi) is 4.90. The maximum atomic E-state index is 13.5. The van der Waals surface area contributed by atoms with Gasteiger partial charge in [-0.1, -0.05) is 11.6 Å². The van der Waals surface area contributed by atoms with Crippen LogP contribution in [0.15, 0.2) is 36.4 Å². The van der Waals surface area contributed by atoms with E-state index < -0.39 is 24.0 Å². The molecule has 21 heavy (non-hydrogen) atoms. The fraction of sp³-hybridized carbons (Fsp3) is 0.143. The van der Waals surface area contributed by atoms with E-state index in [1.54, 1.807) is 6.07 Å². The molecule has 2 nitrogen and oxygen atoms in total. The second-order valence-electron chi connectivity index (χ2n) is 4.15. The SMILES string of the molecule is Fc1cc(Cl)cc(CNc2ccc(OC(F)F)c(F)c2)c1. The Labute approximate surface area is 123 Å². The monoisotopic (exact) mass is 319 g/mol. The summed E-state index contributed by atoms with van der Waals surface area (Å²) < 4.78 is 54.6. The number of rotatable bonds is 5. The molecule has 0 unspecified atom stereocenters. The van der Waals surface area contributed by atoms with Gasteiger partial charge >= 0.3 is 6.61 Å². The van der Waals surface area contributed by atoms with Crippen molar-refractivity contribution in [3.8, 4) is 5.75 Å². The van der Waals surface area contributed by atoms with E-state index in [1.165, 1.54) is 18.2 Å². The van der Waals surface area contributed by atoms with Crippen LogP contribution < -0.4 is 10.1 Å². The van der Waals surface area contributed by atoms with Crippen molar-refractivity contribution in [1.29, 1.82) is 0 Å². The Morgan fingerprint density at radius 1 is 1.10 bits per heavy atom. The third-order valence-corrected chi connectivity index (χ3v) is 2.79. The topological polar surface area (TPSA) is 21.3 Å². The van der Waals surface area contributed by atoms with Crippen LogP contribution >= 0.6 is 11.6 Å². The summed E-state index contributed by atoms with van der Waals surface area (Å²) in [7, 11) is 0. The molecule has 0 fully saturated rings. The highest BCUT2D eigenvalue weighted by Gasteiger charge is 2.10. The molecular formula is C14H10ClF4NO. The molecule has 0 saturated heterocycles. The van der Waals surface area contributed by atoms with Gasteiger partial charge in [0.2, 0.25) is 0 Å². The minimum absolute atomic E-state index is 0.200. The Morgan fingerprint density at radius 2 is 1.86 bits per heavy atom. The highest BCUT2D eigenvalue weighted by molar-refractivity contribution is 6.30. The fourth-order valence-corrected chi connectivity index (χ4v) is 1.96. The molecule has 0 heterocycles. The summed E-state index contributed by atoms with van der Waals surface area (Å²) in [6, 6.07) is 7.48. The molecule has 0 aliphatic rings. The van der Waals surface area contributed by atoms with Crippen molar-refractivity contribution in [2.24, 2.45) is 0 Å². The number of halogens is 5. The highest BCUT2D eigenvalue weighted by atomic mass is 35.5. The lowest BCUT2D eigenvalue weighted by Crippen LogP contribution is -2.05. The zero-order valence-corrected chi connectivity index (χ0v) is 11.3.